The van der Waals surface area contributed by atoms with Gasteiger partial charge in [0.25, 0.3) is 0 Å². The van der Waals surface area contributed by atoms with Crippen molar-refractivity contribution in [3.05, 3.63) is 114 Å². The van der Waals surface area contributed by atoms with Crippen LogP contribution in [0.5, 0.6) is 0 Å². The molecule has 43 heavy (non-hydrogen) atoms. The van der Waals surface area contributed by atoms with Gasteiger partial charge in [-0.2, -0.15) is 4.72 Å². The average molecular weight is 601 g/mol. The number of hydrogen-bond donors (Lipinski definition) is 5. The number of guanidine groups is 1. The molecule has 0 fully saturated rings. The summed E-state index contributed by atoms with van der Waals surface area (Å²) >= 11 is 0. The maximum Gasteiger partial charge on any atom is 0.241 e. The van der Waals surface area contributed by atoms with Gasteiger partial charge in [0.15, 0.2) is 5.96 Å². The first kappa shape index (κ1) is 31.2. The highest BCUT2D eigenvalue weighted by atomic mass is 32.2. The van der Waals surface area contributed by atoms with Crippen LogP contribution in [-0.2, 0) is 19.6 Å². The topological polar surface area (TPSA) is 183 Å². The van der Waals surface area contributed by atoms with Gasteiger partial charge in [0.1, 0.15) is 12.1 Å². The van der Waals surface area contributed by atoms with E-state index in [0.29, 0.717) is 5.39 Å². The second kappa shape index (κ2) is 14.0. The number of carbonyl (C=O) groups excluding carboxylic acids is 2. The van der Waals surface area contributed by atoms with Crippen molar-refractivity contribution < 1.29 is 18.0 Å². The van der Waals surface area contributed by atoms with Crippen molar-refractivity contribution in [1.82, 2.24) is 10.0 Å². The van der Waals surface area contributed by atoms with E-state index in [9.17, 15) is 18.0 Å². The van der Waals surface area contributed by atoms with Crippen molar-refractivity contribution in [2.24, 2.45) is 22.2 Å². The van der Waals surface area contributed by atoms with Gasteiger partial charge in [-0.3, -0.25) is 14.6 Å². The van der Waals surface area contributed by atoms with Crippen LogP contribution in [0, 0.1) is 6.92 Å². The van der Waals surface area contributed by atoms with Gasteiger partial charge in [-0.15, -0.1) is 0 Å². The average Bonchev–Trinajstić information content (AvgIpc) is 2.99. The first-order chi connectivity index (χ1) is 20.6. The number of primary amides is 1. The Kier molecular flexibility index (Phi) is 10.1. The lowest BCUT2D eigenvalue weighted by molar-refractivity contribution is -0.128. The van der Waals surface area contributed by atoms with E-state index in [2.05, 4.69) is 15.0 Å². The Morgan fingerprint density at radius 2 is 1.35 bits per heavy atom. The summed E-state index contributed by atoms with van der Waals surface area (Å²) < 4.78 is 30.1. The van der Waals surface area contributed by atoms with Gasteiger partial charge in [-0.25, -0.2) is 8.42 Å². The number of fused-ring (bicyclic) bond motifs is 1. The first-order valence-electron chi connectivity index (χ1n) is 13.8. The van der Waals surface area contributed by atoms with E-state index in [-0.39, 0.29) is 30.2 Å². The quantitative estimate of drug-likeness (QED) is 0.0893. The van der Waals surface area contributed by atoms with Crippen LogP contribution in [0.2, 0.25) is 0 Å². The molecule has 4 aromatic carbocycles. The molecule has 8 N–H and O–H groups in total. The monoisotopic (exact) mass is 600 g/mol. The summed E-state index contributed by atoms with van der Waals surface area (Å²) in [5, 5.41) is 4.06. The molecule has 0 saturated heterocycles. The zero-order valence-electron chi connectivity index (χ0n) is 23.8. The molecule has 0 aliphatic carbocycles. The molecular weight excluding hydrogens is 564 g/mol. The number of benzene rings is 4. The van der Waals surface area contributed by atoms with Crippen LogP contribution in [0.3, 0.4) is 0 Å². The number of aliphatic imine (C=N–C) groups is 1. The van der Waals surface area contributed by atoms with E-state index in [0.717, 1.165) is 22.1 Å². The van der Waals surface area contributed by atoms with E-state index >= 15 is 0 Å². The zero-order valence-corrected chi connectivity index (χ0v) is 24.6. The number of nitrogens with zero attached hydrogens (tertiary/aromatic N) is 1. The Hall–Kier alpha value is -4.74. The Labute approximate surface area is 251 Å². The molecule has 11 heteroatoms. The molecule has 0 spiro atoms. The number of sulfonamides is 1. The van der Waals surface area contributed by atoms with Crippen LogP contribution in [0.1, 0.15) is 35.4 Å². The summed E-state index contributed by atoms with van der Waals surface area (Å²) in [7, 11) is -4.19. The predicted molar refractivity (Wildman–Crippen MR) is 169 cm³/mol. The van der Waals surface area contributed by atoms with Crippen LogP contribution in [0.4, 0.5) is 0 Å². The van der Waals surface area contributed by atoms with Crippen molar-refractivity contribution in [1.29, 1.82) is 0 Å². The summed E-state index contributed by atoms with van der Waals surface area (Å²) in [4.78, 5) is 30.7. The summed E-state index contributed by atoms with van der Waals surface area (Å²) in [6, 6.07) is 26.3. The van der Waals surface area contributed by atoms with Gasteiger partial charge < -0.3 is 22.5 Å². The lowest BCUT2D eigenvalue weighted by Crippen LogP contribution is -2.55. The Morgan fingerprint density at radius 3 is 1.91 bits per heavy atom. The lowest BCUT2D eigenvalue weighted by Gasteiger charge is -2.28. The van der Waals surface area contributed by atoms with E-state index in [1.807, 2.05) is 79.7 Å². The van der Waals surface area contributed by atoms with Crippen molar-refractivity contribution >= 4 is 38.6 Å². The maximum atomic E-state index is 13.8. The molecular formula is C32H36N6O4S. The van der Waals surface area contributed by atoms with E-state index in [4.69, 9.17) is 17.2 Å². The lowest BCUT2D eigenvalue weighted by atomic mass is 9.84. The SMILES string of the molecule is Cc1ccc(S(=O)(=O)N[C@@H](CCCN=C(N)N)C(=O)N[C@H](C(N)=O)C(c2ccccc2)c2ccccc2)c2ccccc12. The molecule has 0 saturated carbocycles. The molecule has 0 aliphatic rings. The smallest absolute Gasteiger partial charge is 0.241 e. The highest BCUT2D eigenvalue weighted by molar-refractivity contribution is 7.89. The summed E-state index contributed by atoms with van der Waals surface area (Å²) in [5.41, 5.74) is 19.2. The van der Waals surface area contributed by atoms with Crippen molar-refractivity contribution in [2.75, 3.05) is 6.54 Å². The molecule has 10 nitrogen and oxygen atoms in total. The van der Waals surface area contributed by atoms with Gasteiger partial charge in [-0.05, 0) is 47.9 Å². The third-order valence-corrected chi connectivity index (χ3v) is 8.74. The number of aryl methyl sites for hydroxylation is 1. The molecule has 224 valence electrons. The minimum absolute atomic E-state index is 0.0358. The minimum Gasteiger partial charge on any atom is -0.370 e. The number of rotatable bonds is 13. The van der Waals surface area contributed by atoms with E-state index in [1.54, 1.807) is 18.2 Å². The van der Waals surface area contributed by atoms with E-state index < -0.39 is 39.8 Å². The molecule has 0 aliphatic heterocycles. The Morgan fingerprint density at radius 1 is 0.791 bits per heavy atom. The molecule has 4 aromatic rings. The minimum atomic E-state index is -4.19. The predicted octanol–water partition coefficient (Wildman–Crippen LogP) is 2.65. The van der Waals surface area contributed by atoms with Crippen LogP contribution >= 0.6 is 0 Å². The van der Waals surface area contributed by atoms with Crippen molar-refractivity contribution in [3.8, 4) is 0 Å². The molecule has 2 amide bonds. The van der Waals surface area contributed by atoms with Gasteiger partial charge in [-0.1, -0.05) is 91.0 Å². The zero-order chi connectivity index (χ0) is 31.0. The highest BCUT2D eigenvalue weighted by Gasteiger charge is 2.34. The molecule has 0 heterocycles. The van der Waals surface area contributed by atoms with Gasteiger partial charge in [0, 0.05) is 17.8 Å². The standard InChI is InChI=1S/C32H36N6O4S/c1-21-18-19-27(25-16-9-8-15-24(21)25)43(41,42)38-26(17-10-20-36-32(34)35)31(40)37-29(30(33)39)28(22-11-4-2-5-12-22)23-13-6-3-7-14-23/h2-9,11-16,18-19,26,28-29,38H,10,17,20H2,1H3,(H2,33,39)(H,37,40)(H4,34,35,36)/t26-,29-/m0/s1. The molecule has 4 rings (SSSR count). The van der Waals surface area contributed by atoms with Crippen LogP contribution in [0.15, 0.2) is 107 Å². The fourth-order valence-corrected chi connectivity index (χ4v) is 6.57. The van der Waals surface area contributed by atoms with Crippen LogP contribution in [-0.4, -0.2) is 44.8 Å². The van der Waals surface area contributed by atoms with Gasteiger partial charge in [0.2, 0.25) is 21.8 Å². The Bertz CT molecular complexity index is 1670. The van der Waals surface area contributed by atoms with Crippen LogP contribution in [0.25, 0.3) is 10.8 Å². The fourth-order valence-electron chi connectivity index (χ4n) is 5.12. The summed E-state index contributed by atoms with van der Waals surface area (Å²) in [6.07, 6.45) is 0.341. The molecule has 0 aromatic heterocycles. The third kappa shape index (κ3) is 7.76. The second-order valence-electron chi connectivity index (χ2n) is 10.2. The van der Waals surface area contributed by atoms with Crippen molar-refractivity contribution in [3.63, 3.8) is 0 Å². The number of carbonyl (C=O) groups is 2. The fraction of sp³-hybridized carbons (Fsp3) is 0.219. The summed E-state index contributed by atoms with van der Waals surface area (Å²) in [6.45, 7) is 2.07. The normalized spacial score (nSPS) is 12.9. The summed E-state index contributed by atoms with van der Waals surface area (Å²) in [5.74, 6) is -2.21. The van der Waals surface area contributed by atoms with E-state index in [1.165, 1.54) is 6.07 Å². The molecule has 0 unspecified atom stereocenters. The third-order valence-electron chi connectivity index (χ3n) is 7.21. The number of amides is 2. The second-order valence-corrected chi connectivity index (χ2v) is 11.9. The highest BCUT2D eigenvalue weighted by Crippen LogP contribution is 2.29. The van der Waals surface area contributed by atoms with Crippen LogP contribution < -0.4 is 27.2 Å². The largest absolute Gasteiger partial charge is 0.370 e. The van der Waals surface area contributed by atoms with Gasteiger partial charge >= 0.3 is 0 Å². The van der Waals surface area contributed by atoms with Crippen molar-refractivity contribution in [2.45, 2.75) is 42.7 Å². The number of nitrogens with one attached hydrogen (secondary N) is 2. The van der Waals surface area contributed by atoms with Gasteiger partial charge in [0.05, 0.1) is 4.90 Å². The first-order valence-corrected chi connectivity index (χ1v) is 15.3. The molecule has 0 radical (unpaired) electrons. The molecule has 0 bridgehead atoms. The number of hydrogen-bond acceptors (Lipinski definition) is 5. The Balaban J connectivity index is 1.69. The molecule has 2 atom stereocenters. The number of nitrogens with two attached hydrogens (primary N) is 3. The maximum absolute atomic E-state index is 13.8.